The molecule has 1 heterocycles. The predicted octanol–water partition coefficient (Wildman–Crippen LogP) is 2.00. The van der Waals surface area contributed by atoms with Crippen LogP contribution < -0.4 is 4.90 Å². The lowest BCUT2D eigenvalue weighted by atomic mass is 9.77. The third-order valence-corrected chi connectivity index (χ3v) is 4.62. The summed E-state index contributed by atoms with van der Waals surface area (Å²) in [6.45, 7) is 0. The minimum absolute atomic E-state index is 0.0171. The molecule has 3 rings (SSSR count). The third-order valence-electron chi connectivity index (χ3n) is 4.62. The fourth-order valence-corrected chi connectivity index (χ4v) is 3.51. The number of carbonyl (C=O) groups excluding carboxylic acids is 2. The van der Waals surface area contributed by atoms with Crippen LogP contribution in [-0.4, -0.2) is 23.8 Å². The van der Waals surface area contributed by atoms with E-state index in [2.05, 4.69) is 0 Å². The zero-order chi connectivity index (χ0) is 14.3. The van der Waals surface area contributed by atoms with E-state index < -0.39 is 11.5 Å². The first-order chi connectivity index (χ1) is 9.56. The van der Waals surface area contributed by atoms with E-state index in [1.165, 1.54) is 4.90 Å². The summed E-state index contributed by atoms with van der Waals surface area (Å²) in [4.78, 5) is 26.4. The van der Waals surface area contributed by atoms with Gasteiger partial charge in [0, 0.05) is 19.0 Å². The van der Waals surface area contributed by atoms with Gasteiger partial charge in [-0.3, -0.25) is 9.59 Å². The van der Waals surface area contributed by atoms with Gasteiger partial charge in [-0.2, -0.15) is 0 Å². The minimum Gasteiger partial charge on any atom is -0.375 e. The van der Waals surface area contributed by atoms with Crippen LogP contribution in [-0.2, 0) is 15.2 Å². The van der Waals surface area contributed by atoms with Crippen molar-refractivity contribution in [1.29, 1.82) is 0 Å². The van der Waals surface area contributed by atoms with Crippen LogP contribution in [0.5, 0.6) is 0 Å². The van der Waals surface area contributed by atoms with Crippen molar-refractivity contribution in [2.24, 2.45) is 5.92 Å². The first-order valence-corrected chi connectivity index (χ1v) is 7.19. The highest BCUT2D eigenvalue weighted by atomic mass is 16.3. The molecule has 0 aromatic heterocycles. The van der Waals surface area contributed by atoms with Crippen LogP contribution >= 0.6 is 0 Å². The van der Waals surface area contributed by atoms with Gasteiger partial charge in [-0.1, -0.05) is 31.0 Å². The molecule has 1 N–H and O–H groups in total. The molecule has 0 spiro atoms. The summed E-state index contributed by atoms with van der Waals surface area (Å²) in [5.41, 5.74) is -0.392. The molecule has 0 radical (unpaired) electrons. The molecule has 2 aliphatic rings. The number of hydrogen-bond acceptors (Lipinski definition) is 3. The summed E-state index contributed by atoms with van der Waals surface area (Å²) in [7, 11) is 1.65. The van der Waals surface area contributed by atoms with Gasteiger partial charge in [0.1, 0.15) is 5.78 Å². The standard InChI is InChI=1S/C16H19NO3/c1-17-13-9-6-5-7-11(13)16(20,15(17)19)12-8-3-2-4-10-14(12)18/h5-7,9,12,20H,2-4,8,10H2,1H3/t12-,16+/m0/s1. The summed E-state index contributed by atoms with van der Waals surface area (Å²) >= 11 is 0. The summed E-state index contributed by atoms with van der Waals surface area (Å²) in [5, 5.41) is 11.1. The van der Waals surface area contributed by atoms with Gasteiger partial charge in [-0.15, -0.1) is 0 Å². The average molecular weight is 273 g/mol. The third kappa shape index (κ3) is 1.71. The number of amides is 1. The predicted molar refractivity (Wildman–Crippen MR) is 75.3 cm³/mol. The molecule has 106 valence electrons. The number of rotatable bonds is 1. The van der Waals surface area contributed by atoms with Crippen LogP contribution in [0.1, 0.15) is 37.7 Å². The molecular formula is C16H19NO3. The summed E-state index contributed by atoms with van der Waals surface area (Å²) < 4.78 is 0. The fourth-order valence-electron chi connectivity index (χ4n) is 3.51. The van der Waals surface area contributed by atoms with E-state index in [-0.39, 0.29) is 11.7 Å². The molecular weight excluding hydrogens is 254 g/mol. The molecule has 0 bridgehead atoms. The number of ketones is 1. The van der Waals surface area contributed by atoms with Crippen LogP contribution in [0.25, 0.3) is 0 Å². The second-order valence-corrected chi connectivity index (χ2v) is 5.77. The Hall–Kier alpha value is -1.68. The van der Waals surface area contributed by atoms with Gasteiger partial charge in [0.15, 0.2) is 5.60 Å². The monoisotopic (exact) mass is 273 g/mol. The normalized spacial score (nSPS) is 30.3. The maximum atomic E-state index is 12.6. The first-order valence-electron chi connectivity index (χ1n) is 7.19. The van der Waals surface area contributed by atoms with Crippen LogP contribution in [0.2, 0.25) is 0 Å². The van der Waals surface area contributed by atoms with Gasteiger partial charge in [-0.05, 0) is 18.9 Å². The Labute approximate surface area is 118 Å². The van der Waals surface area contributed by atoms with E-state index in [0.29, 0.717) is 24.1 Å². The molecule has 4 heteroatoms. The Morgan fingerprint density at radius 2 is 1.95 bits per heavy atom. The number of aliphatic hydroxyl groups is 1. The Bertz CT molecular complexity index is 569. The number of para-hydroxylation sites is 1. The van der Waals surface area contributed by atoms with Crippen molar-refractivity contribution in [3.8, 4) is 0 Å². The number of carbonyl (C=O) groups is 2. The Morgan fingerprint density at radius 3 is 2.75 bits per heavy atom. The molecule has 20 heavy (non-hydrogen) atoms. The van der Waals surface area contributed by atoms with Crippen molar-refractivity contribution in [2.45, 2.75) is 37.7 Å². The van der Waals surface area contributed by atoms with Gasteiger partial charge < -0.3 is 10.0 Å². The van der Waals surface area contributed by atoms with E-state index in [4.69, 9.17) is 0 Å². The van der Waals surface area contributed by atoms with E-state index >= 15 is 0 Å². The van der Waals surface area contributed by atoms with E-state index in [9.17, 15) is 14.7 Å². The lowest BCUT2D eigenvalue weighted by Crippen LogP contribution is -2.47. The molecule has 0 saturated heterocycles. The number of benzene rings is 1. The Balaban J connectivity index is 2.10. The van der Waals surface area contributed by atoms with Crippen LogP contribution in [0, 0.1) is 5.92 Å². The van der Waals surface area contributed by atoms with Gasteiger partial charge >= 0.3 is 0 Å². The summed E-state index contributed by atoms with van der Waals surface area (Å²) in [5.74, 6) is -0.967. The smallest absolute Gasteiger partial charge is 0.264 e. The number of likely N-dealkylation sites (N-methyl/N-ethyl adjacent to an activating group) is 1. The van der Waals surface area contributed by atoms with Gasteiger partial charge in [0.05, 0.1) is 11.6 Å². The van der Waals surface area contributed by atoms with Crippen molar-refractivity contribution >= 4 is 17.4 Å². The second-order valence-electron chi connectivity index (χ2n) is 5.77. The minimum atomic E-state index is -1.67. The maximum absolute atomic E-state index is 12.6. The molecule has 1 aliphatic heterocycles. The van der Waals surface area contributed by atoms with Crippen molar-refractivity contribution in [2.75, 3.05) is 11.9 Å². The highest BCUT2D eigenvalue weighted by Gasteiger charge is 2.55. The van der Waals surface area contributed by atoms with Crippen LogP contribution in [0.15, 0.2) is 24.3 Å². The summed E-state index contributed by atoms with van der Waals surface area (Å²) in [6, 6.07) is 7.21. The number of nitrogens with zero attached hydrogens (tertiary/aromatic N) is 1. The zero-order valence-corrected chi connectivity index (χ0v) is 11.6. The lowest BCUT2D eigenvalue weighted by Gasteiger charge is -2.29. The van der Waals surface area contributed by atoms with Gasteiger partial charge in [0.25, 0.3) is 5.91 Å². The fraction of sp³-hybridized carbons (Fsp3) is 0.500. The topological polar surface area (TPSA) is 57.6 Å². The quantitative estimate of drug-likeness (QED) is 0.796. The number of Topliss-reactive ketones (excluding diaryl/α,β-unsaturated/α-hetero) is 1. The zero-order valence-electron chi connectivity index (χ0n) is 11.6. The maximum Gasteiger partial charge on any atom is 0.264 e. The number of fused-ring (bicyclic) bond motifs is 1. The lowest BCUT2D eigenvalue weighted by molar-refractivity contribution is -0.150. The number of hydrogen-bond donors (Lipinski definition) is 1. The van der Waals surface area contributed by atoms with Crippen LogP contribution in [0.3, 0.4) is 0 Å². The molecule has 1 amide bonds. The molecule has 4 nitrogen and oxygen atoms in total. The highest BCUT2D eigenvalue weighted by molar-refractivity contribution is 6.09. The molecule has 0 unspecified atom stereocenters. The second kappa shape index (κ2) is 4.70. The molecule has 1 aliphatic carbocycles. The van der Waals surface area contributed by atoms with Crippen molar-refractivity contribution in [3.63, 3.8) is 0 Å². The van der Waals surface area contributed by atoms with E-state index in [1.54, 1.807) is 19.2 Å². The van der Waals surface area contributed by atoms with Gasteiger partial charge in [-0.25, -0.2) is 0 Å². The Morgan fingerprint density at radius 1 is 1.20 bits per heavy atom. The van der Waals surface area contributed by atoms with Crippen molar-refractivity contribution in [3.05, 3.63) is 29.8 Å². The highest BCUT2D eigenvalue weighted by Crippen LogP contribution is 2.46. The number of anilines is 1. The van der Waals surface area contributed by atoms with Crippen LogP contribution in [0.4, 0.5) is 5.69 Å². The van der Waals surface area contributed by atoms with E-state index in [1.807, 2.05) is 12.1 Å². The van der Waals surface area contributed by atoms with E-state index in [0.717, 1.165) is 19.3 Å². The average Bonchev–Trinajstić information content (AvgIpc) is 2.64. The SMILES string of the molecule is CN1C(=O)[C@](O)([C@H]2CCCCCC2=O)c2ccccc21. The molecule has 1 saturated carbocycles. The molecule has 2 atom stereocenters. The van der Waals surface area contributed by atoms with Gasteiger partial charge in [0.2, 0.25) is 0 Å². The molecule has 1 aromatic carbocycles. The first kappa shape index (κ1) is 13.3. The molecule has 1 fully saturated rings. The Kier molecular flexibility index (Phi) is 3.13. The van der Waals surface area contributed by atoms with Crippen molar-refractivity contribution in [1.82, 2.24) is 0 Å². The largest absolute Gasteiger partial charge is 0.375 e. The molecule has 1 aromatic rings. The summed E-state index contributed by atoms with van der Waals surface area (Å²) in [6.07, 6.45) is 3.79. The van der Waals surface area contributed by atoms with Crippen molar-refractivity contribution < 1.29 is 14.7 Å².